The van der Waals surface area contributed by atoms with Gasteiger partial charge in [-0.25, -0.2) is 0 Å². The molecule has 0 spiro atoms. The van der Waals surface area contributed by atoms with Crippen molar-refractivity contribution in [1.29, 1.82) is 0 Å². The number of hydrogen-bond acceptors (Lipinski definition) is 3. The molecule has 1 atom stereocenters. The summed E-state index contributed by atoms with van der Waals surface area (Å²) in [5.41, 5.74) is -1.39. The molecule has 4 nitrogen and oxygen atoms in total. The second-order valence-electron chi connectivity index (χ2n) is 6.71. The normalized spacial score (nSPS) is 13.0. The predicted molar refractivity (Wildman–Crippen MR) is 94.0 cm³/mol. The van der Waals surface area contributed by atoms with Gasteiger partial charge in [-0.15, -0.1) is 12.4 Å². The summed E-state index contributed by atoms with van der Waals surface area (Å²) in [6.45, 7) is 7.26. The van der Waals surface area contributed by atoms with Crippen LogP contribution in [-0.4, -0.2) is 25.1 Å². The van der Waals surface area contributed by atoms with Crippen LogP contribution in [0, 0.1) is 5.92 Å². The van der Waals surface area contributed by atoms with Gasteiger partial charge in [-0.05, 0) is 45.5 Å². The smallest absolute Gasteiger partial charge is 0.416 e. The summed E-state index contributed by atoms with van der Waals surface area (Å²) in [4.78, 5) is 11.9. The molecule has 0 radical (unpaired) electrons. The standard InChI is InChI=1S/C17H25F3N2O2.ClH/c1-11(9-21-5)15(23)22-10-12-6-7-13(24-16(2,3)4)8-14(12)17(18,19)20;/h6-8,11,21H,9-10H2,1-5H3,(H,22,23);1H. The molecule has 0 aliphatic rings. The van der Waals surface area contributed by atoms with E-state index in [1.807, 2.05) is 0 Å². The molecule has 1 aromatic rings. The van der Waals surface area contributed by atoms with E-state index < -0.39 is 17.3 Å². The average Bonchev–Trinajstić information content (AvgIpc) is 2.43. The Morgan fingerprint density at radius 1 is 1.24 bits per heavy atom. The van der Waals surface area contributed by atoms with Gasteiger partial charge in [0.2, 0.25) is 5.91 Å². The van der Waals surface area contributed by atoms with Gasteiger partial charge < -0.3 is 15.4 Å². The van der Waals surface area contributed by atoms with Crippen molar-refractivity contribution in [3.8, 4) is 5.75 Å². The number of ether oxygens (including phenoxy) is 1. The molecule has 8 heteroatoms. The molecule has 0 aromatic heterocycles. The Hall–Kier alpha value is -1.47. The number of carbonyl (C=O) groups is 1. The van der Waals surface area contributed by atoms with Crippen molar-refractivity contribution in [3.63, 3.8) is 0 Å². The summed E-state index contributed by atoms with van der Waals surface area (Å²) >= 11 is 0. The van der Waals surface area contributed by atoms with Crippen LogP contribution in [0.3, 0.4) is 0 Å². The van der Waals surface area contributed by atoms with Crippen LogP contribution in [0.25, 0.3) is 0 Å². The molecule has 0 heterocycles. The summed E-state index contributed by atoms with van der Waals surface area (Å²) in [6, 6.07) is 3.80. The van der Waals surface area contributed by atoms with E-state index in [2.05, 4.69) is 10.6 Å². The van der Waals surface area contributed by atoms with E-state index >= 15 is 0 Å². The molecule has 0 aliphatic heterocycles. The largest absolute Gasteiger partial charge is 0.488 e. The molecule has 0 bridgehead atoms. The van der Waals surface area contributed by atoms with Crippen LogP contribution < -0.4 is 15.4 Å². The number of rotatable bonds is 6. The fourth-order valence-corrected chi connectivity index (χ4v) is 2.15. The van der Waals surface area contributed by atoms with Crippen molar-refractivity contribution in [1.82, 2.24) is 10.6 Å². The molecule has 1 aromatic carbocycles. The topological polar surface area (TPSA) is 50.4 Å². The Labute approximate surface area is 152 Å². The Bertz CT molecular complexity index is 572. The van der Waals surface area contributed by atoms with Gasteiger partial charge >= 0.3 is 6.18 Å². The number of carbonyl (C=O) groups excluding carboxylic acids is 1. The van der Waals surface area contributed by atoms with E-state index in [9.17, 15) is 18.0 Å². The van der Waals surface area contributed by atoms with E-state index in [1.54, 1.807) is 34.7 Å². The van der Waals surface area contributed by atoms with E-state index in [-0.39, 0.29) is 42.1 Å². The fraction of sp³-hybridized carbons (Fsp3) is 0.588. The molecule has 0 aliphatic carbocycles. The Morgan fingerprint density at radius 2 is 1.84 bits per heavy atom. The second kappa shape index (κ2) is 9.29. The Morgan fingerprint density at radius 3 is 2.32 bits per heavy atom. The maximum atomic E-state index is 13.3. The number of hydrogen-bond donors (Lipinski definition) is 2. The lowest BCUT2D eigenvalue weighted by atomic mass is 10.1. The third-order valence-electron chi connectivity index (χ3n) is 3.22. The van der Waals surface area contributed by atoms with Crippen LogP contribution in [0.2, 0.25) is 0 Å². The van der Waals surface area contributed by atoms with Crippen LogP contribution in [0.1, 0.15) is 38.8 Å². The zero-order valence-electron chi connectivity index (χ0n) is 15.1. The molecule has 0 saturated carbocycles. The van der Waals surface area contributed by atoms with Crippen LogP contribution in [-0.2, 0) is 17.5 Å². The lowest BCUT2D eigenvalue weighted by Crippen LogP contribution is -2.34. The lowest BCUT2D eigenvalue weighted by molar-refractivity contribution is -0.138. The molecule has 2 N–H and O–H groups in total. The lowest BCUT2D eigenvalue weighted by Gasteiger charge is -2.23. The zero-order chi connectivity index (χ0) is 18.5. The highest BCUT2D eigenvalue weighted by Gasteiger charge is 2.34. The minimum absolute atomic E-state index is 0. The summed E-state index contributed by atoms with van der Waals surface area (Å²) in [5, 5.41) is 5.40. The molecule has 1 amide bonds. The average molecular weight is 383 g/mol. The van der Waals surface area contributed by atoms with E-state index in [1.165, 1.54) is 12.1 Å². The third-order valence-corrected chi connectivity index (χ3v) is 3.22. The van der Waals surface area contributed by atoms with Gasteiger partial charge in [0.25, 0.3) is 0 Å². The number of halogens is 4. The number of benzene rings is 1. The molecule has 1 unspecified atom stereocenters. The Kier molecular flexibility index (Phi) is 8.74. The summed E-state index contributed by atoms with van der Waals surface area (Å²) in [6.07, 6.45) is -4.52. The van der Waals surface area contributed by atoms with Crippen LogP contribution in [0.5, 0.6) is 5.75 Å². The number of amides is 1. The molecule has 144 valence electrons. The Balaban J connectivity index is 0.00000576. The van der Waals surface area contributed by atoms with Gasteiger partial charge in [-0.1, -0.05) is 13.0 Å². The first-order valence-electron chi connectivity index (χ1n) is 7.75. The maximum absolute atomic E-state index is 13.3. The minimum Gasteiger partial charge on any atom is -0.488 e. The monoisotopic (exact) mass is 382 g/mol. The minimum atomic E-state index is -4.52. The van der Waals surface area contributed by atoms with Crippen LogP contribution >= 0.6 is 12.4 Å². The highest BCUT2D eigenvalue weighted by Crippen LogP contribution is 2.35. The highest BCUT2D eigenvalue weighted by atomic mass is 35.5. The van der Waals surface area contributed by atoms with Crippen molar-refractivity contribution >= 4 is 18.3 Å². The van der Waals surface area contributed by atoms with Crippen molar-refractivity contribution in [2.45, 2.75) is 46.0 Å². The summed E-state index contributed by atoms with van der Waals surface area (Å²) < 4.78 is 45.4. The molecule has 0 fully saturated rings. The van der Waals surface area contributed by atoms with E-state index in [0.29, 0.717) is 6.54 Å². The molecule has 25 heavy (non-hydrogen) atoms. The van der Waals surface area contributed by atoms with Crippen molar-refractivity contribution in [2.75, 3.05) is 13.6 Å². The first kappa shape index (κ1) is 23.5. The highest BCUT2D eigenvalue weighted by molar-refractivity contribution is 5.85. The van der Waals surface area contributed by atoms with Crippen molar-refractivity contribution in [2.24, 2.45) is 5.92 Å². The third kappa shape index (κ3) is 7.96. The van der Waals surface area contributed by atoms with E-state index in [0.717, 1.165) is 6.07 Å². The van der Waals surface area contributed by atoms with Gasteiger partial charge in [0.1, 0.15) is 11.4 Å². The second-order valence-corrected chi connectivity index (χ2v) is 6.71. The first-order chi connectivity index (χ1) is 10.9. The molecule has 1 rings (SSSR count). The summed E-state index contributed by atoms with van der Waals surface area (Å²) in [5.74, 6) is -0.478. The SMILES string of the molecule is CNCC(C)C(=O)NCc1ccc(OC(C)(C)C)cc1C(F)(F)F.Cl. The first-order valence-corrected chi connectivity index (χ1v) is 7.75. The quantitative estimate of drug-likeness (QED) is 0.787. The maximum Gasteiger partial charge on any atom is 0.416 e. The predicted octanol–water partition coefficient (Wildman–Crippen LogP) is 3.78. The molecular weight excluding hydrogens is 357 g/mol. The van der Waals surface area contributed by atoms with Gasteiger partial charge in [0.05, 0.1) is 5.56 Å². The molecule has 0 saturated heterocycles. The summed E-state index contributed by atoms with van der Waals surface area (Å²) in [7, 11) is 1.71. The van der Waals surface area contributed by atoms with Gasteiger partial charge in [0, 0.05) is 19.0 Å². The van der Waals surface area contributed by atoms with Crippen LogP contribution in [0.15, 0.2) is 18.2 Å². The van der Waals surface area contributed by atoms with Crippen molar-refractivity contribution in [3.05, 3.63) is 29.3 Å². The fourth-order valence-electron chi connectivity index (χ4n) is 2.15. The zero-order valence-corrected chi connectivity index (χ0v) is 15.9. The van der Waals surface area contributed by atoms with Gasteiger partial charge in [0.15, 0.2) is 0 Å². The number of nitrogens with one attached hydrogen (secondary N) is 2. The van der Waals surface area contributed by atoms with Gasteiger partial charge in [-0.3, -0.25) is 4.79 Å². The van der Waals surface area contributed by atoms with Crippen molar-refractivity contribution < 1.29 is 22.7 Å². The van der Waals surface area contributed by atoms with E-state index in [4.69, 9.17) is 4.74 Å². The van der Waals surface area contributed by atoms with Crippen LogP contribution in [0.4, 0.5) is 13.2 Å². The number of alkyl halides is 3. The van der Waals surface area contributed by atoms with Gasteiger partial charge in [-0.2, -0.15) is 13.2 Å². The molecular formula is C17H26ClF3N2O2.